The summed E-state index contributed by atoms with van der Waals surface area (Å²) in [7, 11) is -3.79. The lowest BCUT2D eigenvalue weighted by Gasteiger charge is -2.23. The van der Waals surface area contributed by atoms with E-state index in [1.54, 1.807) is 30.0 Å². The number of carbonyl (C=O) groups is 1. The van der Waals surface area contributed by atoms with E-state index in [1.807, 2.05) is 36.4 Å². The molecule has 3 rings (SSSR count). The van der Waals surface area contributed by atoms with Gasteiger partial charge in [0.25, 0.3) is 0 Å². The number of sulfonamides is 1. The summed E-state index contributed by atoms with van der Waals surface area (Å²) in [6, 6.07) is 19.3. The molecule has 0 aliphatic rings. The third-order valence-corrected chi connectivity index (χ3v) is 7.41. The van der Waals surface area contributed by atoms with Crippen LogP contribution in [-0.4, -0.2) is 27.1 Å². The fraction of sp³-hybridized carbons (Fsp3) is 0.136. The molecule has 3 aromatic rings. The van der Waals surface area contributed by atoms with Gasteiger partial charge < -0.3 is 5.32 Å². The monoisotopic (exact) mass is 528 g/mol. The third-order valence-electron chi connectivity index (χ3n) is 4.33. The van der Waals surface area contributed by atoms with Gasteiger partial charge in [-0.1, -0.05) is 59.1 Å². The number of hydrogen-bond acceptors (Lipinski definition) is 4. The number of rotatable bonds is 8. The molecule has 5 nitrogen and oxygen atoms in total. The maximum Gasteiger partial charge on any atom is 0.245 e. The zero-order valence-corrected chi connectivity index (χ0v) is 20.8. The van der Waals surface area contributed by atoms with Gasteiger partial charge in [0.2, 0.25) is 15.9 Å². The SMILES string of the molecule is CS(=O)(=O)N(CC(=O)Nc1ccccc1SCc1ccc(Cl)cc1)c1cc(Cl)ccc1Cl. The maximum absolute atomic E-state index is 12.8. The molecule has 0 aliphatic carbocycles. The standard InChI is InChI=1S/C22H19Cl3N2O3S2/c1-32(29,30)27(20-12-17(24)10-11-18(20)25)13-22(28)26-19-4-2-3-5-21(19)31-14-15-6-8-16(23)9-7-15/h2-12H,13-14H2,1H3,(H,26,28). The van der Waals surface area contributed by atoms with Crippen LogP contribution in [0.1, 0.15) is 5.56 Å². The molecule has 0 heterocycles. The van der Waals surface area contributed by atoms with Crippen LogP contribution in [0.4, 0.5) is 11.4 Å². The number of benzene rings is 3. The second-order valence-electron chi connectivity index (χ2n) is 6.82. The Hall–Kier alpha value is -1.90. The highest BCUT2D eigenvalue weighted by Crippen LogP contribution is 2.32. The van der Waals surface area contributed by atoms with Crippen LogP contribution in [0.2, 0.25) is 15.1 Å². The lowest BCUT2D eigenvalue weighted by molar-refractivity contribution is -0.114. The molecule has 0 saturated carbocycles. The summed E-state index contributed by atoms with van der Waals surface area (Å²) in [5.41, 5.74) is 1.81. The van der Waals surface area contributed by atoms with E-state index < -0.39 is 22.5 Å². The van der Waals surface area contributed by atoms with Gasteiger partial charge in [0.15, 0.2) is 0 Å². The molecule has 0 bridgehead atoms. The van der Waals surface area contributed by atoms with Crippen LogP contribution in [0.25, 0.3) is 0 Å². The predicted octanol–water partition coefficient (Wildman–Crippen LogP) is 6.34. The van der Waals surface area contributed by atoms with Crippen molar-refractivity contribution in [2.45, 2.75) is 10.6 Å². The van der Waals surface area contributed by atoms with E-state index in [0.29, 0.717) is 21.5 Å². The first kappa shape index (κ1) is 24.7. The van der Waals surface area contributed by atoms with Gasteiger partial charge >= 0.3 is 0 Å². The largest absolute Gasteiger partial charge is 0.323 e. The predicted molar refractivity (Wildman–Crippen MR) is 135 cm³/mol. The minimum Gasteiger partial charge on any atom is -0.323 e. The smallest absolute Gasteiger partial charge is 0.245 e. The van der Waals surface area contributed by atoms with Crippen molar-refractivity contribution in [3.63, 3.8) is 0 Å². The van der Waals surface area contributed by atoms with Crippen molar-refractivity contribution in [1.29, 1.82) is 0 Å². The summed E-state index contributed by atoms with van der Waals surface area (Å²) in [5.74, 6) is 0.170. The molecule has 1 N–H and O–H groups in total. The third kappa shape index (κ3) is 6.80. The maximum atomic E-state index is 12.8. The van der Waals surface area contributed by atoms with E-state index in [4.69, 9.17) is 34.8 Å². The van der Waals surface area contributed by atoms with E-state index >= 15 is 0 Å². The average Bonchev–Trinajstić information content (AvgIpc) is 2.74. The number of halogens is 3. The Bertz CT molecular complexity index is 1220. The first-order chi connectivity index (χ1) is 15.1. The van der Waals surface area contributed by atoms with E-state index in [-0.39, 0.29) is 10.7 Å². The van der Waals surface area contributed by atoms with Gasteiger partial charge in [-0.25, -0.2) is 8.42 Å². The average molecular weight is 530 g/mol. The number of thioether (sulfide) groups is 1. The molecule has 32 heavy (non-hydrogen) atoms. The van der Waals surface area contributed by atoms with Gasteiger partial charge in [0, 0.05) is 20.7 Å². The Labute approximate surface area is 206 Å². The number of anilines is 2. The molecule has 1 amide bonds. The zero-order chi connectivity index (χ0) is 23.3. The molecule has 0 atom stereocenters. The number of carbonyl (C=O) groups excluding carboxylic acids is 1. The first-order valence-corrected chi connectivity index (χ1v) is 13.3. The second-order valence-corrected chi connectivity index (χ2v) is 11.0. The van der Waals surface area contributed by atoms with Gasteiger partial charge in [-0.3, -0.25) is 9.10 Å². The highest BCUT2D eigenvalue weighted by atomic mass is 35.5. The Kier molecular flexibility index (Phi) is 8.36. The molecule has 0 spiro atoms. The van der Waals surface area contributed by atoms with E-state index in [1.165, 1.54) is 12.1 Å². The van der Waals surface area contributed by atoms with Crippen LogP contribution < -0.4 is 9.62 Å². The van der Waals surface area contributed by atoms with Crippen molar-refractivity contribution in [2.24, 2.45) is 0 Å². The Morgan fingerprint density at radius 2 is 1.62 bits per heavy atom. The Balaban J connectivity index is 1.76. The van der Waals surface area contributed by atoms with E-state index in [2.05, 4.69) is 5.32 Å². The lowest BCUT2D eigenvalue weighted by Crippen LogP contribution is -2.37. The molecule has 0 fully saturated rings. The summed E-state index contributed by atoms with van der Waals surface area (Å²) < 4.78 is 25.7. The fourth-order valence-electron chi connectivity index (χ4n) is 2.82. The van der Waals surface area contributed by atoms with Crippen LogP contribution in [0.15, 0.2) is 71.6 Å². The van der Waals surface area contributed by atoms with Gasteiger partial charge in [-0.05, 0) is 48.0 Å². The molecule has 3 aromatic carbocycles. The number of hydrogen-bond donors (Lipinski definition) is 1. The molecular weight excluding hydrogens is 511 g/mol. The van der Waals surface area contributed by atoms with Crippen molar-refractivity contribution in [3.8, 4) is 0 Å². The fourth-order valence-corrected chi connectivity index (χ4v) is 5.20. The lowest BCUT2D eigenvalue weighted by atomic mass is 10.2. The highest BCUT2D eigenvalue weighted by molar-refractivity contribution is 7.98. The molecule has 0 aromatic heterocycles. The summed E-state index contributed by atoms with van der Waals surface area (Å²) in [4.78, 5) is 13.6. The van der Waals surface area contributed by atoms with Crippen molar-refractivity contribution in [2.75, 3.05) is 22.4 Å². The molecular formula is C22H19Cl3N2O3S2. The van der Waals surface area contributed by atoms with Crippen molar-refractivity contribution >= 4 is 73.9 Å². The van der Waals surface area contributed by atoms with Gasteiger partial charge in [0.05, 0.1) is 22.7 Å². The van der Waals surface area contributed by atoms with Gasteiger partial charge in [0.1, 0.15) is 6.54 Å². The summed E-state index contributed by atoms with van der Waals surface area (Å²) >= 11 is 19.6. The Morgan fingerprint density at radius 3 is 2.31 bits per heavy atom. The molecule has 0 radical (unpaired) electrons. The van der Waals surface area contributed by atoms with E-state index in [9.17, 15) is 13.2 Å². The summed E-state index contributed by atoms with van der Waals surface area (Å²) in [6.45, 7) is -0.449. The van der Waals surface area contributed by atoms with Gasteiger partial charge in [-0.15, -0.1) is 11.8 Å². The molecule has 10 heteroatoms. The molecule has 0 unspecified atom stereocenters. The minimum absolute atomic E-state index is 0.141. The normalized spacial score (nSPS) is 11.2. The van der Waals surface area contributed by atoms with Crippen LogP contribution >= 0.6 is 46.6 Å². The summed E-state index contributed by atoms with van der Waals surface area (Å²) in [5, 5.41) is 3.95. The number of amides is 1. The second kappa shape index (κ2) is 10.8. The minimum atomic E-state index is -3.79. The van der Waals surface area contributed by atoms with Crippen LogP contribution in [0.5, 0.6) is 0 Å². The first-order valence-electron chi connectivity index (χ1n) is 9.32. The summed E-state index contributed by atoms with van der Waals surface area (Å²) in [6.07, 6.45) is 1.01. The molecule has 168 valence electrons. The van der Waals surface area contributed by atoms with Gasteiger partial charge in [-0.2, -0.15) is 0 Å². The number of para-hydroxylation sites is 1. The van der Waals surface area contributed by atoms with Crippen LogP contribution in [-0.2, 0) is 20.6 Å². The van der Waals surface area contributed by atoms with Crippen LogP contribution in [0, 0.1) is 0 Å². The number of nitrogens with one attached hydrogen (secondary N) is 1. The quantitative estimate of drug-likeness (QED) is 0.346. The Morgan fingerprint density at radius 1 is 0.969 bits per heavy atom. The zero-order valence-electron chi connectivity index (χ0n) is 16.9. The molecule has 0 saturated heterocycles. The number of nitrogens with zero attached hydrogens (tertiary/aromatic N) is 1. The van der Waals surface area contributed by atoms with Crippen molar-refractivity contribution in [3.05, 3.63) is 87.4 Å². The van der Waals surface area contributed by atoms with E-state index in [0.717, 1.165) is 21.0 Å². The topological polar surface area (TPSA) is 66.5 Å². The van der Waals surface area contributed by atoms with Crippen molar-refractivity contribution in [1.82, 2.24) is 0 Å². The van der Waals surface area contributed by atoms with Crippen LogP contribution in [0.3, 0.4) is 0 Å². The van der Waals surface area contributed by atoms with Crippen molar-refractivity contribution < 1.29 is 13.2 Å². The molecule has 0 aliphatic heterocycles. The highest BCUT2D eigenvalue weighted by Gasteiger charge is 2.23.